The van der Waals surface area contributed by atoms with Crippen molar-refractivity contribution >= 4 is 28.9 Å². The van der Waals surface area contributed by atoms with E-state index in [2.05, 4.69) is 10.3 Å². The maximum atomic E-state index is 11.8. The number of thiocarbonyl (C=S) groups is 1. The summed E-state index contributed by atoms with van der Waals surface area (Å²) in [6.07, 6.45) is 1.57. The van der Waals surface area contributed by atoms with Gasteiger partial charge in [-0.3, -0.25) is 0 Å². The molecule has 0 fully saturated rings. The Morgan fingerprint density at radius 2 is 1.91 bits per heavy atom. The Bertz CT molecular complexity index is 734. The molecule has 0 radical (unpaired) electrons. The van der Waals surface area contributed by atoms with Crippen LogP contribution in [-0.4, -0.2) is 37.3 Å². The van der Waals surface area contributed by atoms with Crippen LogP contribution in [0, 0.1) is 0 Å². The number of ether oxygens (including phenoxy) is 3. The molecular weight excluding hydrogens is 316 g/mol. The lowest BCUT2D eigenvalue weighted by Crippen LogP contribution is -2.15. The van der Waals surface area contributed by atoms with Gasteiger partial charge < -0.3 is 19.5 Å². The number of methoxy groups -OCH3 is 3. The number of anilines is 1. The molecule has 0 saturated carbocycles. The maximum absolute atomic E-state index is 11.8. The summed E-state index contributed by atoms with van der Waals surface area (Å²) in [5.41, 5.74) is 1.59. The molecule has 0 atom stereocenters. The smallest absolute Gasteiger partial charge is 0.339 e. The maximum Gasteiger partial charge on any atom is 0.339 e. The molecule has 0 saturated heterocycles. The normalized spacial score (nSPS) is 9.87. The lowest BCUT2D eigenvalue weighted by atomic mass is 10.1. The molecule has 0 bridgehead atoms. The summed E-state index contributed by atoms with van der Waals surface area (Å²) >= 11 is 5.37. The van der Waals surface area contributed by atoms with Crippen molar-refractivity contribution in [3.8, 4) is 11.6 Å². The number of hydrogen-bond donors (Lipinski definition) is 1. The predicted octanol–water partition coefficient (Wildman–Crippen LogP) is 2.67. The van der Waals surface area contributed by atoms with Crippen LogP contribution in [0.1, 0.15) is 15.9 Å². The van der Waals surface area contributed by atoms with Crippen LogP contribution in [-0.2, 0) is 4.74 Å². The van der Waals surface area contributed by atoms with Crippen molar-refractivity contribution in [1.29, 1.82) is 0 Å². The van der Waals surface area contributed by atoms with E-state index in [9.17, 15) is 4.79 Å². The largest absolute Gasteiger partial charge is 0.491 e. The summed E-state index contributed by atoms with van der Waals surface area (Å²) in [5.74, 6) is 0.394. The minimum Gasteiger partial charge on any atom is -0.491 e. The van der Waals surface area contributed by atoms with E-state index < -0.39 is 5.97 Å². The number of aromatic nitrogens is 1. The molecule has 1 heterocycles. The Morgan fingerprint density at radius 1 is 1.17 bits per heavy atom. The highest BCUT2D eigenvalue weighted by atomic mass is 32.1. The molecule has 1 aromatic heterocycles. The Kier molecular flexibility index (Phi) is 5.48. The van der Waals surface area contributed by atoms with Crippen LogP contribution in [0.3, 0.4) is 0 Å². The number of carbonyl (C=O) groups is 1. The van der Waals surface area contributed by atoms with Gasteiger partial charge in [-0.25, -0.2) is 9.78 Å². The molecule has 1 aromatic carbocycles. The molecule has 23 heavy (non-hydrogen) atoms. The van der Waals surface area contributed by atoms with Crippen LogP contribution in [0.25, 0.3) is 0 Å². The summed E-state index contributed by atoms with van der Waals surface area (Å²) in [6.45, 7) is 0. The first-order valence-electron chi connectivity index (χ1n) is 6.67. The fraction of sp³-hybridized carbons (Fsp3) is 0.188. The second kappa shape index (κ2) is 7.55. The Hall–Kier alpha value is -2.67. The van der Waals surface area contributed by atoms with Crippen molar-refractivity contribution in [1.82, 2.24) is 4.98 Å². The van der Waals surface area contributed by atoms with Crippen LogP contribution < -0.4 is 14.8 Å². The number of carbonyl (C=O) groups excluding carboxylic acids is 1. The summed E-state index contributed by atoms with van der Waals surface area (Å²) in [5, 5.41) is 3.03. The first kappa shape index (κ1) is 16.7. The van der Waals surface area contributed by atoms with Crippen molar-refractivity contribution in [2.75, 3.05) is 26.6 Å². The number of hydrogen-bond acceptors (Lipinski definition) is 6. The van der Waals surface area contributed by atoms with E-state index in [0.29, 0.717) is 33.4 Å². The van der Waals surface area contributed by atoms with Gasteiger partial charge in [0.2, 0.25) is 0 Å². The van der Waals surface area contributed by atoms with Gasteiger partial charge in [-0.15, -0.1) is 0 Å². The Labute approximate surface area is 139 Å². The van der Waals surface area contributed by atoms with E-state index in [4.69, 9.17) is 26.4 Å². The lowest BCUT2D eigenvalue weighted by Gasteiger charge is -2.13. The topological polar surface area (TPSA) is 69.7 Å². The average Bonchev–Trinajstić information content (AvgIpc) is 2.60. The number of esters is 1. The zero-order chi connectivity index (χ0) is 16.8. The van der Waals surface area contributed by atoms with Crippen molar-refractivity contribution in [3.05, 3.63) is 47.7 Å². The van der Waals surface area contributed by atoms with Gasteiger partial charge in [0, 0.05) is 11.8 Å². The van der Waals surface area contributed by atoms with E-state index in [0.717, 1.165) is 0 Å². The van der Waals surface area contributed by atoms with E-state index in [-0.39, 0.29) is 0 Å². The molecule has 0 aliphatic carbocycles. The molecule has 1 N–H and O–H groups in total. The number of nitrogens with zero attached hydrogens (tertiary/aromatic N) is 1. The van der Waals surface area contributed by atoms with Gasteiger partial charge in [-0.1, -0.05) is 24.4 Å². The van der Waals surface area contributed by atoms with Crippen LogP contribution in [0.5, 0.6) is 11.6 Å². The van der Waals surface area contributed by atoms with Gasteiger partial charge in [0.25, 0.3) is 5.88 Å². The van der Waals surface area contributed by atoms with Crippen molar-refractivity contribution in [2.24, 2.45) is 0 Å². The molecule has 2 aromatic rings. The van der Waals surface area contributed by atoms with E-state index in [1.165, 1.54) is 21.3 Å². The molecule has 2 rings (SSSR count). The zero-order valence-corrected chi connectivity index (χ0v) is 13.8. The standard InChI is InChI=1S/C16H16N2O4S/c1-20-13-8-10(9-17-14(13)21-2)15(23)18-12-7-5-4-6-11(12)16(19)22-3/h4-9H,1-3H3,(H,18,23). The second-order valence-electron chi connectivity index (χ2n) is 4.43. The minimum absolute atomic E-state index is 0.369. The molecule has 6 nitrogen and oxygen atoms in total. The van der Waals surface area contributed by atoms with Crippen molar-refractivity contribution in [2.45, 2.75) is 0 Å². The minimum atomic E-state index is -0.443. The van der Waals surface area contributed by atoms with E-state index >= 15 is 0 Å². The predicted molar refractivity (Wildman–Crippen MR) is 90.4 cm³/mol. The fourth-order valence-corrected chi connectivity index (χ4v) is 2.15. The monoisotopic (exact) mass is 332 g/mol. The Morgan fingerprint density at radius 3 is 2.57 bits per heavy atom. The molecule has 0 unspecified atom stereocenters. The summed E-state index contributed by atoms with van der Waals surface area (Å²) in [4.78, 5) is 16.3. The lowest BCUT2D eigenvalue weighted by molar-refractivity contribution is 0.0602. The quantitative estimate of drug-likeness (QED) is 0.667. The van der Waals surface area contributed by atoms with Gasteiger partial charge in [0.15, 0.2) is 5.75 Å². The number of rotatable bonds is 5. The number of pyridine rings is 1. The Balaban J connectivity index is 2.28. The van der Waals surface area contributed by atoms with Crippen molar-refractivity contribution < 1.29 is 19.0 Å². The molecule has 7 heteroatoms. The molecular formula is C16H16N2O4S. The van der Waals surface area contributed by atoms with Crippen molar-refractivity contribution in [3.63, 3.8) is 0 Å². The molecule has 120 valence electrons. The number of nitrogens with one attached hydrogen (secondary N) is 1. The van der Waals surface area contributed by atoms with Gasteiger partial charge in [0.05, 0.1) is 32.6 Å². The SMILES string of the molecule is COC(=O)c1ccccc1NC(=S)c1cnc(OC)c(OC)c1. The fourth-order valence-electron chi connectivity index (χ4n) is 1.93. The number of para-hydroxylation sites is 1. The van der Waals surface area contributed by atoms with Crippen LogP contribution in [0.4, 0.5) is 5.69 Å². The van der Waals surface area contributed by atoms with Gasteiger partial charge in [-0.2, -0.15) is 0 Å². The molecule has 0 spiro atoms. The average molecular weight is 332 g/mol. The van der Waals surface area contributed by atoms with Crippen LogP contribution >= 0.6 is 12.2 Å². The van der Waals surface area contributed by atoms with E-state index in [1.54, 1.807) is 36.5 Å². The first-order valence-corrected chi connectivity index (χ1v) is 7.08. The first-order chi connectivity index (χ1) is 11.1. The summed E-state index contributed by atoms with van der Waals surface area (Å²) < 4.78 is 15.1. The molecule has 0 aliphatic heterocycles. The third kappa shape index (κ3) is 3.75. The zero-order valence-electron chi connectivity index (χ0n) is 13.0. The summed E-state index contributed by atoms with van der Waals surface area (Å²) in [6, 6.07) is 8.65. The highest BCUT2D eigenvalue weighted by molar-refractivity contribution is 7.81. The third-order valence-corrected chi connectivity index (χ3v) is 3.41. The van der Waals surface area contributed by atoms with Crippen LogP contribution in [0.2, 0.25) is 0 Å². The van der Waals surface area contributed by atoms with E-state index in [1.807, 2.05) is 0 Å². The highest BCUT2D eigenvalue weighted by Crippen LogP contribution is 2.25. The number of benzene rings is 1. The summed E-state index contributed by atoms with van der Waals surface area (Å²) in [7, 11) is 4.36. The van der Waals surface area contributed by atoms with Gasteiger partial charge in [-0.05, 0) is 18.2 Å². The van der Waals surface area contributed by atoms with Gasteiger partial charge >= 0.3 is 5.97 Å². The van der Waals surface area contributed by atoms with Gasteiger partial charge in [0.1, 0.15) is 4.99 Å². The van der Waals surface area contributed by atoms with Crippen LogP contribution in [0.15, 0.2) is 36.5 Å². The molecule has 0 amide bonds. The third-order valence-electron chi connectivity index (χ3n) is 3.07. The second-order valence-corrected chi connectivity index (χ2v) is 4.84. The molecule has 0 aliphatic rings. The highest BCUT2D eigenvalue weighted by Gasteiger charge is 2.14.